The maximum atomic E-state index is 6.37. The van der Waals surface area contributed by atoms with Gasteiger partial charge in [-0.2, -0.15) is 0 Å². The number of imidazole rings is 1. The van der Waals surface area contributed by atoms with Crippen molar-refractivity contribution < 1.29 is 0 Å². The Morgan fingerprint density at radius 2 is 2.00 bits per heavy atom. The maximum absolute atomic E-state index is 6.37. The van der Waals surface area contributed by atoms with Crippen LogP contribution < -0.4 is 0 Å². The van der Waals surface area contributed by atoms with Gasteiger partial charge in [-0.15, -0.1) is 11.6 Å². The summed E-state index contributed by atoms with van der Waals surface area (Å²) in [5.74, 6) is 0.966. The van der Waals surface area contributed by atoms with Crippen molar-refractivity contribution >= 4 is 22.6 Å². The summed E-state index contributed by atoms with van der Waals surface area (Å²) in [6, 6.07) is 6.27. The van der Waals surface area contributed by atoms with E-state index < -0.39 is 0 Å². The molecule has 1 unspecified atom stereocenters. The van der Waals surface area contributed by atoms with Crippen molar-refractivity contribution in [3.8, 4) is 0 Å². The van der Waals surface area contributed by atoms with Crippen molar-refractivity contribution in [2.45, 2.75) is 39.6 Å². The third-order valence-corrected chi connectivity index (χ3v) is 3.88. The van der Waals surface area contributed by atoms with Gasteiger partial charge < -0.3 is 9.47 Å². The monoisotopic (exact) mass is 307 g/mol. The molecule has 1 atom stereocenters. The first-order valence-corrected chi connectivity index (χ1v) is 7.89. The van der Waals surface area contributed by atoms with Crippen molar-refractivity contribution in [1.29, 1.82) is 0 Å². The molecule has 21 heavy (non-hydrogen) atoms. The summed E-state index contributed by atoms with van der Waals surface area (Å²) in [6.07, 6.45) is 0. The first-order valence-electron chi connectivity index (χ1n) is 7.46. The van der Waals surface area contributed by atoms with Gasteiger partial charge in [-0.25, -0.2) is 4.98 Å². The number of alkyl halides is 1. The van der Waals surface area contributed by atoms with Crippen LogP contribution in [0, 0.1) is 12.3 Å². The highest BCUT2D eigenvalue weighted by Gasteiger charge is 2.24. The van der Waals surface area contributed by atoms with E-state index in [0.29, 0.717) is 0 Å². The van der Waals surface area contributed by atoms with Crippen LogP contribution >= 0.6 is 11.6 Å². The average molecular weight is 308 g/mol. The normalized spacial score (nSPS) is 14.1. The Bertz CT molecular complexity index is 626. The molecule has 0 amide bonds. The van der Waals surface area contributed by atoms with Crippen LogP contribution in [0.25, 0.3) is 11.0 Å². The molecular weight excluding hydrogens is 282 g/mol. The number of hydrogen-bond acceptors (Lipinski definition) is 2. The van der Waals surface area contributed by atoms with E-state index in [1.165, 1.54) is 11.1 Å². The minimum absolute atomic E-state index is 0.0908. The molecule has 2 rings (SSSR count). The fraction of sp³-hybridized carbons (Fsp3) is 0.588. The van der Waals surface area contributed by atoms with E-state index in [2.05, 4.69) is 62.5 Å². The number of para-hydroxylation sites is 1. The Hall–Kier alpha value is -1.06. The fourth-order valence-electron chi connectivity index (χ4n) is 3.18. The summed E-state index contributed by atoms with van der Waals surface area (Å²) in [4.78, 5) is 6.99. The molecule has 0 aliphatic heterocycles. The van der Waals surface area contributed by atoms with Gasteiger partial charge >= 0.3 is 0 Å². The summed E-state index contributed by atoms with van der Waals surface area (Å²) < 4.78 is 2.31. The second-order valence-corrected chi connectivity index (χ2v) is 7.67. The van der Waals surface area contributed by atoms with E-state index >= 15 is 0 Å². The van der Waals surface area contributed by atoms with E-state index in [9.17, 15) is 0 Å². The van der Waals surface area contributed by atoms with Gasteiger partial charge in [-0.1, -0.05) is 26.0 Å². The number of aryl methyl sites for hydroxylation is 1. The lowest BCUT2D eigenvalue weighted by atomic mass is 9.92. The summed E-state index contributed by atoms with van der Waals surface area (Å²) >= 11 is 6.37. The molecule has 1 aromatic carbocycles. The second kappa shape index (κ2) is 5.98. The lowest BCUT2D eigenvalue weighted by Crippen LogP contribution is -2.33. The van der Waals surface area contributed by atoms with Crippen molar-refractivity contribution in [3.63, 3.8) is 0 Å². The molecule has 0 saturated heterocycles. The quantitative estimate of drug-likeness (QED) is 0.771. The number of halogens is 1. The van der Waals surface area contributed by atoms with Crippen molar-refractivity contribution in [3.05, 3.63) is 29.6 Å². The Labute approximate surface area is 132 Å². The zero-order valence-electron chi connectivity index (χ0n) is 13.9. The summed E-state index contributed by atoms with van der Waals surface area (Å²) in [6.45, 7) is 10.7. The van der Waals surface area contributed by atoms with Crippen LogP contribution in [0.15, 0.2) is 18.2 Å². The van der Waals surface area contributed by atoms with Gasteiger partial charge in [0.05, 0.1) is 16.4 Å². The summed E-state index contributed by atoms with van der Waals surface area (Å²) in [7, 11) is 4.23. The van der Waals surface area contributed by atoms with Gasteiger partial charge in [0.25, 0.3) is 0 Å². The van der Waals surface area contributed by atoms with Crippen molar-refractivity contribution in [1.82, 2.24) is 14.5 Å². The van der Waals surface area contributed by atoms with Crippen LogP contribution in [0.3, 0.4) is 0 Å². The first-order chi connectivity index (χ1) is 9.71. The molecule has 1 aromatic heterocycles. The van der Waals surface area contributed by atoms with E-state index in [-0.39, 0.29) is 10.8 Å². The Morgan fingerprint density at radius 1 is 1.33 bits per heavy atom. The van der Waals surface area contributed by atoms with Crippen LogP contribution in [0.2, 0.25) is 0 Å². The highest BCUT2D eigenvalue weighted by Crippen LogP contribution is 2.30. The minimum Gasteiger partial charge on any atom is -0.326 e. The molecule has 0 aliphatic rings. The highest BCUT2D eigenvalue weighted by atomic mass is 35.5. The molecule has 2 aromatic rings. The average Bonchev–Trinajstić information content (AvgIpc) is 2.67. The van der Waals surface area contributed by atoms with Gasteiger partial charge in [0.15, 0.2) is 0 Å². The first kappa shape index (κ1) is 16.3. The van der Waals surface area contributed by atoms with E-state index in [1.807, 2.05) is 6.92 Å². The highest BCUT2D eigenvalue weighted by molar-refractivity contribution is 6.20. The smallest absolute Gasteiger partial charge is 0.127 e. The zero-order valence-corrected chi connectivity index (χ0v) is 14.7. The van der Waals surface area contributed by atoms with E-state index in [4.69, 9.17) is 16.6 Å². The van der Waals surface area contributed by atoms with Crippen LogP contribution in [-0.2, 0) is 6.54 Å². The molecule has 0 radical (unpaired) electrons. The Morgan fingerprint density at radius 3 is 2.57 bits per heavy atom. The number of rotatable bonds is 5. The zero-order chi connectivity index (χ0) is 15.8. The molecule has 1 heterocycles. The van der Waals surface area contributed by atoms with Gasteiger partial charge in [-0.05, 0) is 45.0 Å². The number of benzene rings is 1. The number of aromatic nitrogens is 2. The molecule has 0 aliphatic carbocycles. The third kappa shape index (κ3) is 3.58. The molecule has 0 N–H and O–H groups in total. The number of hydrogen-bond donors (Lipinski definition) is 0. The topological polar surface area (TPSA) is 21.1 Å². The van der Waals surface area contributed by atoms with Gasteiger partial charge in [0.2, 0.25) is 0 Å². The predicted molar refractivity (Wildman–Crippen MR) is 91.1 cm³/mol. The van der Waals surface area contributed by atoms with Gasteiger partial charge in [0.1, 0.15) is 5.82 Å². The van der Waals surface area contributed by atoms with Gasteiger partial charge in [0, 0.05) is 13.1 Å². The molecule has 0 fully saturated rings. The molecule has 0 saturated carbocycles. The minimum atomic E-state index is -0.0908. The molecule has 0 bridgehead atoms. The van der Waals surface area contributed by atoms with Crippen LogP contribution in [-0.4, -0.2) is 35.1 Å². The largest absolute Gasteiger partial charge is 0.326 e. The molecule has 116 valence electrons. The summed E-state index contributed by atoms with van der Waals surface area (Å²) in [5.41, 5.74) is 3.66. The molecule has 3 nitrogen and oxygen atoms in total. The molecular formula is C17H26ClN3. The fourth-order valence-corrected chi connectivity index (χ4v) is 3.35. The lowest BCUT2D eigenvalue weighted by Gasteiger charge is -2.30. The van der Waals surface area contributed by atoms with E-state index in [0.717, 1.165) is 24.4 Å². The van der Waals surface area contributed by atoms with Crippen molar-refractivity contribution in [2.24, 2.45) is 5.41 Å². The maximum Gasteiger partial charge on any atom is 0.127 e. The third-order valence-electron chi connectivity index (χ3n) is 3.68. The lowest BCUT2D eigenvalue weighted by molar-refractivity contribution is 0.211. The number of fused-ring (bicyclic) bond motifs is 1. The van der Waals surface area contributed by atoms with Crippen LogP contribution in [0.5, 0.6) is 0 Å². The predicted octanol–water partition coefficient (Wildman–Crippen LogP) is 4.23. The molecule has 0 spiro atoms. The van der Waals surface area contributed by atoms with Crippen LogP contribution in [0.4, 0.5) is 0 Å². The SMILES string of the molecule is Cc1cccc2nc(C(C)Cl)n(CC(C)(C)CN(C)C)c12. The van der Waals surface area contributed by atoms with Crippen molar-refractivity contribution in [2.75, 3.05) is 20.6 Å². The van der Waals surface area contributed by atoms with Crippen LogP contribution in [0.1, 0.15) is 37.5 Å². The number of nitrogens with zero attached hydrogens (tertiary/aromatic N) is 3. The Kier molecular flexibility index (Phi) is 4.64. The Balaban J connectivity index is 2.53. The summed E-state index contributed by atoms with van der Waals surface area (Å²) in [5, 5.41) is -0.0908. The second-order valence-electron chi connectivity index (χ2n) is 7.02. The molecule has 4 heteroatoms. The standard InChI is InChI=1S/C17H26ClN3/c1-12-8-7-9-14-15(12)21(16(19-14)13(2)18)11-17(3,4)10-20(5)6/h7-9,13H,10-11H2,1-6H3. The van der Waals surface area contributed by atoms with E-state index in [1.54, 1.807) is 0 Å². The van der Waals surface area contributed by atoms with Gasteiger partial charge in [-0.3, -0.25) is 0 Å².